The molecule has 2 N–H and O–H groups in total. The van der Waals surface area contributed by atoms with Crippen molar-refractivity contribution >= 4 is 39.9 Å². The van der Waals surface area contributed by atoms with Crippen molar-refractivity contribution in [2.75, 3.05) is 5.32 Å². The molecule has 0 saturated carbocycles. The van der Waals surface area contributed by atoms with Crippen molar-refractivity contribution in [3.05, 3.63) is 81.8 Å². The number of aryl methyl sites for hydroxylation is 1. The van der Waals surface area contributed by atoms with Gasteiger partial charge < -0.3 is 10.6 Å². The molecule has 138 valence electrons. The second-order valence-corrected chi connectivity index (χ2v) is 7.30. The molecule has 0 spiro atoms. The fourth-order valence-corrected chi connectivity index (χ4v) is 3.32. The van der Waals surface area contributed by atoms with E-state index in [0.717, 1.165) is 11.3 Å². The summed E-state index contributed by atoms with van der Waals surface area (Å²) in [5, 5.41) is 8.50. The van der Waals surface area contributed by atoms with Gasteiger partial charge in [-0.1, -0.05) is 41.9 Å². The van der Waals surface area contributed by atoms with Crippen LogP contribution in [0.3, 0.4) is 0 Å². The van der Waals surface area contributed by atoms with E-state index in [1.807, 2.05) is 42.6 Å². The smallest absolute Gasteiger partial charge is 0.251 e. The molecule has 0 fully saturated rings. The average Bonchev–Trinajstić information content (AvgIpc) is 3.07. The van der Waals surface area contributed by atoms with Crippen LogP contribution in [0.25, 0.3) is 0 Å². The average molecular weight is 400 g/mol. The first-order chi connectivity index (χ1) is 13.0. The van der Waals surface area contributed by atoms with Crippen LogP contribution < -0.4 is 10.6 Å². The third-order valence-electron chi connectivity index (χ3n) is 3.86. The highest BCUT2D eigenvalue weighted by Crippen LogP contribution is 2.16. The van der Waals surface area contributed by atoms with Gasteiger partial charge in [0.25, 0.3) is 5.91 Å². The van der Waals surface area contributed by atoms with Crippen LogP contribution >= 0.6 is 22.9 Å². The van der Waals surface area contributed by atoms with E-state index in [0.29, 0.717) is 22.1 Å². The number of hydrogen-bond donors (Lipinski definition) is 2. The lowest BCUT2D eigenvalue weighted by atomic mass is 10.0. The highest BCUT2D eigenvalue weighted by atomic mass is 35.5. The normalized spacial score (nSPS) is 11.6. The summed E-state index contributed by atoms with van der Waals surface area (Å²) in [7, 11) is 0. The second-order valence-electron chi connectivity index (χ2n) is 6.01. The largest absolute Gasteiger partial charge is 0.340 e. The highest BCUT2D eigenvalue weighted by Gasteiger charge is 2.23. The predicted octanol–water partition coefficient (Wildman–Crippen LogP) is 4.08. The highest BCUT2D eigenvalue weighted by molar-refractivity contribution is 7.13. The molecule has 1 atom stereocenters. The molecular weight excluding hydrogens is 382 g/mol. The summed E-state index contributed by atoms with van der Waals surface area (Å²) in [5.74, 6) is -0.645. The molecule has 0 aliphatic carbocycles. The molecule has 0 saturated heterocycles. The minimum Gasteiger partial charge on any atom is -0.340 e. The maximum atomic E-state index is 12.8. The number of hydrogen-bond acceptors (Lipinski definition) is 4. The summed E-state index contributed by atoms with van der Waals surface area (Å²) in [6.07, 6.45) is 0.371. The zero-order chi connectivity index (χ0) is 19.2. The Kier molecular flexibility index (Phi) is 6.21. The first-order valence-corrected chi connectivity index (χ1v) is 9.60. The molecule has 3 aromatic rings. The topological polar surface area (TPSA) is 71.1 Å². The zero-order valence-corrected chi connectivity index (χ0v) is 16.2. The number of thiazole rings is 1. The van der Waals surface area contributed by atoms with Crippen LogP contribution in [-0.4, -0.2) is 22.8 Å². The van der Waals surface area contributed by atoms with Crippen molar-refractivity contribution in [1.29, 1.82) is 0 Å². The van der Waals surface area contributed by atoms with E-state index in [1.165, 1.54) is 11.3 Å². The van der Waals surface area contributed by atoms with Crippen molar-refractivity contribution < 1.29 is 9.59 Å². The number of rotatable bonds is 6. The van der Waals surface area contributed by atoms with Gasteiger partial charge in [-0.25, -0.2) is 4.98 Å². The van der Waals surface area contributed by atoms with Gasteiger partial charge in [-0.2, -0.15) is 0 Å². The number of halogens is 1. The van der Waals surface area contributed by atoms with E-state index in [2.05, 4.69) is 15.6 Å². The third kappa shape index (κ3) is 5.39. The van der Waals surface area contributed by atoms with Crippen molar-refractivity contribution in [1.82, 2.24) is 10.3 Å². The number of aromatic nitrogens is 1. The molecular formula is C20H18ClN3O2S. The van der Waals surface area contributed by atoms with Crippen LogP contribution in [0.15, 0.2) is 60.0 Å². The Morgan fingerprint density at radius 3 is 2.44 bits per heavy atom. The number of benzene rings is 2. The van der Waals surface area contributed by atoms with Gasteiger partial charge in [0.2, 0.25) is 5.91 Å². The molecule has 0 aliphatic heterocycles. The summed E-state index contributed by atoms with van der Waals surface area (Å²) >= 11 is 7.22. The van der Waals surface area contributed by atoms with Crippen LogP contribution in [0.1, 0.15) is 21.6 Å². The van der Waals surface area contributed by atoms with Crippen LogP contribution in [0.5, 0.6) is 0 Å². The van der Waals surface area contributed by atoms with Crippen LogP contribution in [0, 0.1) is 6.92 Å². The van der Waals surface area contributed by atoms with Crippen LogP contribution in [0.2, 0.25) is 5.02 Å². The van der Waals surface area contributed by atoms with Gasteiger partial charge in [0.15, 0.2) is 5.13 Å². The second kappa shape index (κ2) is 8.79. The van der Waals surface area contributed by atoms with E-state index >= 15 is 0 Å². The SMILES string of the molecule is Cc1csc(NC(=O)C(Cc2ccccc2)NC(=O)c2ccc(Cl)cc2)n1. The lowest BCUT2D eigenvalue weighted by Crippen LogP contribution is -2.45. The Morgan fingerprint density at radius 2 is 1.81 bits per heavy atom. The van der Waals surface area contributed by atoms with E-state index in [4.69, 9.17) is 11.6 Å². The first kappa shape index (κ1) is 19.1. The minimum absolute atomic E-state index is 0.310. The van der Waals surface area contributed by atoms with Gasteiger partial charge in [0.1, 0.15) is 6.04 Å². The Balaban J connectivity index is 1.76. The quantitative estimate of drug-likeness (QED) is 0.656. The van der Waals surface area contributed by atoms with E-state index < -0.39 is 6.04 Å². The van der Waals surface area contributed by atoms with Gasteiger partial charge in [0, 0.05) is 22.4 Å². The molecule has 0 aliphatic rings. The number of anilines is 1. The summed E-state index contributed by atoms with van der Waals surface area (Å²) in [6, 6.07) is 15.3. The lowest BCUT2D eigenvalue weighted by molar-refractivity contribution is -0.118. The van der Waals surface area contributed by atoms with Crippen LogP contribution in [-0.2, 0) is 11.2 Å². The Bertz CT molecular complexity index is 926. The number of amides is 2. The van der Waals surface area contributed by atoms with E-state index in [1.54, 1.807) is 24.3 Å². The Labute approximate surface area is 166 Å². The molecule has 0 radical (unpaired) electrons. The molecule has 3 rings (SSSR count). The minimum atomic E-state index is -0.736. The lowest BCUT2D eigenvalue weighted by Gasteiger charge is -2.18. The summed E-state index contributed by atoms with van der Waals surface area (Å²) < 4.78 is 0. The van der Waals surface area contributed by atoms with Gasteiger partial charge in [0.05, 0.1) is 5.69 Å². The molecule has 1 unspecified atom stereocenters. The number of carbonyl (C=O) groups is 2. The first-order valence-electron chi connectivity index (χ1n) is 8.34. The van der Waals surface area contributed by atoms with Crippen molar-refractivity contribution in [2.45, 2.75) is 19.4 Å². The van der Waals surface area contributed by atoms with Gasteiger partial charge in [-0.15, -0.1) is 11.3 Å². The summed E-state index contributed by atoms with van der Waals surface area (Å²) in [6.45, 7) is 1.86. The van der Waals surface area contributed by atoms with E-state index in [9.17, 15) is 9.59 Å². The molecule has 1 aromatic heterocycles. The molecule has 5 nitrogen and oxygen atoms in total. The van der Waals surface area contributed by atoms with Gasteiger partial charge in [-0.3, -0.25) is 9.59 Å². The number of nitrogens with zero attached hydrogens (tertiary/aromatic N) is 1. The summed E-state index contributed by atoms with van der Waals surface area (Å²) in [4.78, 5) is 29.6. The van der Waals surface area contributed by atoms with Gasteiger partial charge >= 0.3 is 0 Å². The fraction of sp³-hybridized carbons (Fsp3) is 0.150. The molecule has 27 heavy (non-hydrogen) atoms. The van der Waals surface area contributed by atoms with Gasteiger partial charge in [-0.05, 0) is 36.8 Å². The third-order valence-corrected chi connectivity index (χ3v) is 4.99. The zero-order valence-electron chi connectivity index (χ0n) is 14.6. The monoisotopic (exact) mass is 399 g/mol. The number of nitrogens with one attached hydrogen (secondary N) is 2. The predicted molar refractivity (Wildman–Crippen MR) is 108 cm³/mol. The van der Waals surface area contributed by atoms with Crippen molar-refractivity contribution in [3.8, 4) is 0 Å². The van der Waals surface area contributed by atoms with Crippen LogP contribution in [0.4, 0.5) is 5.13 Å². The molecule has 7 heteroatoms. The fourth-order valence-electron chi connectivity index (χ4n) is 2.51. The standard InChI is InChI=1S/C20H18ClN3O2S/c1-13-12-27-20(22-13)24-19(26)17(11-14-5-3-2-4-6-14)23-18(25)15-7-9-16(21)10-8-15/h2-10,12,17H,11H2,1H3,(H,23,25)(H,22,24,26). The molecule has 1 heterocycles. The van der Waals surface area contributed by atoms with Crippen molar-refractivity contribution in [2.24, 2.45) is 0 Å². The Hall–Kier alpha value is -2.70. The number of carbonyl (C=O) groups excluding carboxylic acids is 2. The molecule has 2 aromatic carbocycles. The Morgan fingerprint density at radius 1 is 1.11 bits per heavy atom. The summed E-state index contributed by atoms with van der Waals surface area (Å²) in [5.41, 5.74) is 2.22. The molecule has 0 bridgehead atoms. The maximum Gasteiger partial charge on any atom is 0.251 e. The van der Waals surface area contributed by atoms with E-state index in [-0.39, 0.29) is 11.8 Å². The van der Waals surface area contributed by atoms with Crippen molar-refractivity contribution in [3.63, 3.8) is 0 Å². The molecule has 2 amide bonds. The maximum absolute atomic E-state index is 12.8.